The SMILES string of the molecule is CC.COC1OC(C)C2C1CC1CCCCC1C2(C)C. The van der Waals surface area contributed by atoms with Gasteiger partial charge in [0.15, 0.2) is 6.29 Å². The number of hydrogen-bond acceptors (Lipinski definition) is 2. The first-order chi connectivity index (χ1) is 9.55. The quantitative estimate of drug-likeness (QED) is 0.683. The van der Waals surface area contributed by atoms with Gasteiger partial charge >= 0.3 is 0 Å². The van der Waals surface area contributed by atoms with Crippen molar-refractivity contribution in [2.45, 2.75) is 79.1 Å². The average molecular weight is 282 g/mol. The molecule has 0 spiro atoms. The van der Waals surface area contributed by atoms with Crippen LogP contribution in [0.25, 0.3) is 0 Å². The van der Waals surface area contributed by atoms with Gasteiger partial charge in [0.2, 0.25) is 0 Å². The molecule has 3 fully saturated rings. The van der Waals surface area contributed by atoms with E-state index in [1.807, 2.05) is 13.8 Å². The summed E-state index contributed by atoms with van der Waals surface area (Å²) < 4.78 is 11.7. The summed E-state index contributed by atoms with van der Waals surface area (Å²) in [6.45, 7) is 11.2. The van der Waals surface area contributed by atoms with Gasteiger partial charge in [-0.25, -0.2) is 0 Å². The van der Waals surface area contributed by atoms with Crippen LogP contribution in [0.1, 0.15) is 66.7 Å². The first kappa shape index (κ1) is 16.3. The van der Waals surface area contributed by atoms with E-state index in [0.29, 0.717) is 23.4 Å². The van der Waals surface area contributed by atoms with Gasteiger partial charge in [0.05, 0.1) is 6.10 Å². The molecule has 118 valence electrons. The van der Waals surface area contributed by atoms with Crippen molar-refractivity contribution in [1.29, 1.82) is 0 Å². The monoisotopic (exact) mass is 282 g/mol. The third-order valence-corrected chi connectivity index (χ3v) is 6.20. The van der Waals surface area contributed by atoms with Crippen LogP contribution in [0.15, 0.2) is 0 Å². The van der Waals surface area contributed by atoms with Crippen LogP contribution in [-0.2, 0) is 9.47 Å². The summed E-state index contributed by atoms with van der Waals surface area (Å²) in [5.74, 6) is 3.14. The van der Waals surface area contributed by atoms with Crippen molar-refractivity contribution in [2.24, 2.45) is 29.1 Å². The van der Waals surface area contributed by atoms with Gasteiger partial charge in [-0.2, -0.15) is 0 Å². The van der Waals surface area contributed by atoms with E-state index in [1.165, 1.54) is 32.1 Å². The summed E-state index contributed by atoms with van der Waals surface area (Å²) in [5, 5.41) is 0. The normalized spacial score (nSPS) is 45.9. The zero-order valence-electron chi connectivity index (χ0n) is 14.3. The molecule has 0 radical (unpaired) electrons. The van der Waals surface area contributed by atoms with Gasteiger partial charge < -0.3 is 9.47 Å². The first-order valence-electron chi connectivity index (χ1n) is 8.74. The Hall–Kier alpha value is -0.0800. The summed E-state index contributed by atoms with van der Waals surface area (Å²) >= 11 is 0. The van der Waals surface area contributed by atoms with Crippen molar-refractivity contribution in [3.8, 4) is 0 Å². The van der Waals surface area contributed by atoms with Gasteiger partial charge in [0.1, 0.15) is 0 Å². The maximum atomic E-state index is 6.08. The first-order valence-corrected chi connectivity index (χ1v) is 8.74. The third-order valence-electron chi connectivity index (χ3n) is 6.20. The molecule has 3 rings (SSSR count). The highest BCUT2D eigenvalue weighted by molar-refractivity contribution is 5.03. The molecule has 6 unspecified atom stereocenters. The lowest BCUT2D eigenvalue weighted by atomic mass is 9.51. The molecule has 1 saturated heterocycles. The van der Waals surface area contributed by atoms with Crippen molar-refractivity contribution in [3.63, 3.8) is 0 Å². The van der Waals surface area contributed by atoms with Gasteiger partial charge in [-0.3, -0.25) is 0 Å². The summed E-state index contributed by atoms with van der Waals surface area (Å²) in [6, 6.07) is 0. The van der Waals surface area contributed by atoms with E-state index in [9.17, 15) is 0 Å². The molecular weight excluding hydrogens is 248 g/mol. The molecule has 1 heterocycles. The number of hydrogen-bond donors (Lipinski definition) is 0. The van der Waals surface area contributed by atoms with E-state index in [1.54, 1.807) is 7.11 Å². The molecule has 2 saturated carbocycles. The molecule has 1 aliphatic heterocycles. The smallest absolute Gasteiger partial charge is 0.160 e. The molecule has 3 aliphatic rings. The Morgan fingerprint density at radius 1 is 1.10 bits per heavy atom. The van der Waals surface area contributed by atoms with Gasteiger partial charge in [0.25, 0.3) is 0 Å². The third kappa shape index (κ3) is 2.54. The van der Waals surface area contributed by atoms with Gasteiger partial charge in [-0.05, 0) is 42.9 Å². The summed E-state index contributed by atoms with van der Waals surface area (Å²) in [5.41, 5.74) is 0.417. The van der Waals surface area contributed by atoms with Crippen molar-refractivity contribution < 1.29 is 9.47 Å². The summed E-state index contributed by atoms with van der Waals surface area (Å²) in [4.78, 5) is 0. The van der Waals surface area contributed by atoms with Gasteiger partial charge in [0, 0.05) is 13.0 Å². The lowest BCUT2D eigenvalue weighted by molar-refractivity contribution is -0.133. The summed E-state index contributed by atoms with van der Waals surface area (Å²) in [6.07, 6.45) is 7.48. The number of methoxy groups -OCH3 is 1. The maximum Gasteiger partial charge on any atom is 0.160 e. The van der Waals surface area contributed by atoms with Gasteiger partial charge in [-0.15, -0.1) is 0 Å². The fourth-order valence-corrected chi connectivity index (χ4v) is 5.63. The number of rotatable bonds is 1. The highest BCUT2D eigenvalue weighted by atomic mass is 16.7. The second kappa shape index (κ2) is 6.36. The van der Waals surface area contributed by atoms with Crippen LogP contribution < -0.4 is 0 Å². The molecule has 0 aromatic heterocycles. The molecule has 20 heavy (non-hydrogen) atoms. The minimum absolute atomic E-state index is 0.0483. The van der Waals surface area contributed by atoms with Crippen molar-refractivity contribution in [2.75, 3.05) is 7.11 Å². The lowest BCUT2D eigenvalue weighted by Gasteiger charge is -2.53. The zero-order chi connectivity index (χ0) is 14.9. The largest absolute Gasteiger partial charge is 0.356 e. The Morgan fingerprint density at radius 2 is 1.75 bits per heavy atom. The molecule has 2 nitrogen and oxygen atoms in total. The van der Waals surface area contributed by atoms with Crippen molar-refractivity contribution in [3.05, 3.63) is 0 Å². The lowest BCUT2D eigenvalue weighted by Crippen LogP contribution is -2.49. The second-order valence-electron chi connectivity index (χ2n) is 7.34. The van der Waals surface area contributed by atoms with Gasteiger partial charge in [-0.1, -0.05) is 47.0 Å². The van der Waals surface area contributed by atoms with Crippen LogP contribution in [0.4, 0.5) is 0 Å². The van der Waals surface area contributed by atoms with E-state index in [0.717, 1.165) is 11.8 Å². The second-order valence-corrected chi connectivity index (χ2v) is 7.34. The van der Waals surface area contributed by atoms with E-state index >= 15 is 0 Å². The van der Waals surface area contributed by atoms with E-state index in [2.05, 4.69) is 20.8 Å². The molecule has 2 heteroatoms. The standard InChI is InChI=1S/C16H28O2.C2H6/c1-10-14-12(15(17-4)18-10)9-11-7-5-6-8-13(11)16(14,2)3;1-2/h10-15H,5-9H2,1-4H3;1-2H3. The Kier molecular flexibility index (Phi) is 5.18. The average Bonchev–Trinajstić information content (AvgIpc) is 2.78. The zero-order valence-corrected chi connectivity index (χ0v) is 14.3. The number of fused-ring (bicyclic) bond motifs is 2. The Bertz CT molecular complexity index is 313. The predicted molar refractivity (Wildman–Crippen MR) is 83.5 cm³/mol. The Labute approximate surface area is 125 Å². The van der Waals surface area contributed by atoms with E-state index in [4.69, 9.17) is 9.47 Å². The highest BCUT2D eigenvalue weighted by Gasteiger charge is 2.57. The Balaban J connectivity index is 0.000000704. The maximum absolute atomic E-state index is 6.08. The molecule has 2 aliphatic carbocycles. The summed E-state index contributed by atoms with van der Waals surface area (Å²) in [7, 11) is 1.81. The van der Waals surface area contributed by atoms with Crippen LogP contribution >= 0.6 is 0 Å². The molecular formula is C18H34O2. The van der Waals surface area contributed by atoms with Crippen LogP contribution in [0.3, 0.4) is 0 Å². The highest BCUT2D eigenvalue weighted by Crippen LogP contribution is 2.60. The molecule has 0 N–H and O–H groups in total. The van der Waals surface area contributed by atoms with E-state index in [-0.39, 0.29) is 6.29 Å². The van der Waals surface area contributed by atoms with Crippen molar-refractivity contribution in [1.82, 2.24) is 0 Å². The molecule has 0 aromatic carbocycles. The van der Waals surface area contributed by atoms with Crippen LogP contribution in [0.5, 0.6) is 0 Å². The minimum atomic E-state index is 0.0483. The minimum Gasteiger partial charge on any atom is -0.356 e. The molecule has 0 aromatic rings. The predicted octanol–water partition coefficient (Wildman–Crippen LogP) is 4.87. The molecule has 0 amide bonds. The molecule has 6 atom stereocenters. The van der Waals surface area contributed by atoms with Crippen LogP contribution in [-0.4, -0.2) is 19.5 Å². The Morgan fingerprint density at radius 3 is 2.40 bits per heavy atom. The van der Waals surface area contributed by atoms with Crippen LogP contribution in [0, 0.1) is 29.1 Å². The number of ether oxygens (including phenoxy) is 2. The fraction of sp³-hybridized carbons (Fsp3) is 1.00. The van der Waals surface area contributed by atoms with Crippen LogP contribution in [0.2, 0.25) is 0 Å². The topological polar surface area (TPSA) is 18.5 Å². The van der Waals surface area contributed by atoms with Crippen molar-refractivity contribution >= 4 is 0 Å². The van der Waals surface area contributed by atoms with E-state index < -0.39 is 0 Å². The molecule has 0 bridgehead atoms. The fourth-order valence-electron chi connectivity index (χ4n) is 5.63.